The van der Waals surface area contributed by atoms with E-state index in [1.54, 1.807) is 31.4 Å². The van der Waals surface area contributed by atoms with Crippen LogP contribution in [0.2, 0.25) is 0 Å². The Bertz CT molecular complexity index is 799. The number of imide groups is 1. The largest absolute Gasteiger partial charge is 0.493 e. The zero-order valence-electron chi connectivity index (χ0n) is 14.5. The second-order valence-electron chi connectivity index (χ2n) is 6.74. The number of fused-ring (bicyclic) bond motifs is 5. The van der Waals surface area contributed by atoms with Crippen LogP contribution in [-0.2, 0) is 9.59 Å². The Morgan fingerprint density at radius 1 is 1.19 bits per heavy atom. The highest BCUT2D eigenvalue weighted by Gasteiger charge is 2.59. The molecule has 2 fully saturated rings. The number of benzene rings is 1. The van der Waals surface area contributed by atoms with Gasteiger partial charge in [-0.25, -0.2) is 0 Å². The van der Waals surface area contributed by atoms with Gasteiger partial charge in [-0.15, -0.1) is 0 Å². The van der Waals surface area contributed by atoms with Crippen LogP contribution in [0.25, 0.3) is 0 Å². The predicted octanol–water partition coefficient (Wildman–Crippen LogP) is 2.40. The van der Waals surface area contributed by atoms with E-state index in [0.717, 1.165) is 11.4 Å². The smallest absolute Gasteiger partial charge is 0.254 e. The molecule has 2 amide bonds. The fraction of sp³-hybridized carbons (Fsp3) is 0.350. The number of hydrazone groups is 1. The number of nitrogens with zero attached hydrogens (tertiary/aromatic N) is 2. The Labute approximate surface area is 151 Å². The number of hydrogen-bond acceptors (Lipinski definition) is 5. The van der Waals surface area contributed by atoms with Gasteiger partial charge in [0.25, 0.3) is 11.8 Å². The first-order valence-electron chi connectivity index (χ1n) is 8.66. The van der Waals surface area contributed by atoms with E-state index in [-0.39, 0.29) is 35.5 Å². The minimum atomic E-state index is -0.237. The Hall–Kier alpha value is -2.89. The molecular weight excluding hydrogens is 332 g/mol. The van der Waals surface area contributed by atoms with E-state index in [0.29, 0.717) is 23.7 Å². The SMILES string of the molecule is C=CCOc1ccc(C=NN2C(=O)[C@@H]3[C@H](C2=O)[C@H]2C=C[C@H]3C2)cc1OC. The number of rotatable bonds is 6. The van der Waals surface area contributed by atoms with Crippen LogP contribution in [0.15, 0.2) is 48.1 Å². The van der Waals surface area contributed by atoms with Crippen molar-refractivity contribution in [2.45, 2.75) is 6.42 Å². The zero-order valence-corrected chi connectivity index (χ0v) is 14.5. The summed E-state index contributed by atoms with van der Waals surface area (Å²) in [5.74, 6) is 0.657. The Morgan fingerprint density at radius 2 is 1.88 bits per heavy atom. The van der Waals surface area contributed by atoms with E-state index < -0.39 is 0 Å². The van der Waals surface area contributed by atoms with Crippen molar-refractivity contribution in [3.63, 3.8) is 0 Å². The van der Waals surface area contributed by atoms with Gasteiger partial charge in [0, 0.05) is 0 Å². The molecule has 1 aromatic carbocycles. The van der Waals surface area contributed by atoms with E-state index in [4.69, 9.17) is 9.47 Å². The van der Waals surface area contributed by atoms with E-state index in [2.05, 4.69) is 23.8 Å². The van der Waals surface area contributed by atoms with Crippen LogP contribution in [0.1, 0.15) is 12.0 Å². The maximum Gasteiger partial charge on any atom is 0.254 e. The summed E-state index contributed by atoms with van der Waals surface area (Å²) in [6.45, 7) is 3.99. The lowest BCUT2D eigenvalue weighted by Gasteiger charge is -2.13. The molecule has 1 saturated carbocycles. The summed E-state index contributed by atoms with van der Waals surface area (Å²) in [5.41, 5.74) is 0.714. The Kier molecular flexibility index (Phi) is 4.11. The van der Waals surface area contributed by atoms with Crippen LogP contribution in [0, 0.1) is 23.7 Å². The number of ether oxygens (including phenoxy) is 2. The van der Waals surface area contributed by atoms with Gasteiger partial charge in [-0.1, -0.05) is 24.8 Å². The summed E-state index contributed by atoms with van der Waals surface area (Å²) < 4.78 is 10.8. The fourth-order valence-corrected chi connectivity index (χ4v) is 4.16. The minimum Gasteiger partial charge on any atom is -0.493 e. The van der Waals surface area contributed by atoms with Crippen molar-refractivity contribution in [3.05, 3.63) is 48.6 Å². The summed E-state index contributed by atoms with van der Waals surface area (Å²) in [6.07, 6.45) is 8.20. The first kappa shape index (κ1) is 16.6. The van der Waals surface area contributed by atoms with Crippen molar-refractivity contribution in [2.24, 2.45) is 28.8 Å². The lowest BCUT2D eigenvalue weighted by molar-refractivity contribution is -0.140. The van der Waals surface area contributed by atoms with Crippen LogP contribution in [0.4, 0.5) is 0 Å². The molecule has 2 bridgehead atoms. The predicted molar refractivity (Wildman–Crippen MR) is 95.9 cm³/mol. The average molecular weight is 352 g/mol. The quantitative estimate of drug-likeness (QED) is 0.448. The molecule has 6 nitrogen and oxygen atoms in total. The Balaban J connectivity index is 1.52. The van der Waals surface area contributed by atoms with Crippen LogP contribution < -0.4 is 9.47 Å². The summed E-state index contributed by atoms with van der Waals surface area (Å²) in [4.78, 5) is 25.2. The van der Waals surface area contributed by atoms with E-state index in [1.807, 2.05) is 0 Å². The third-order valence-corrected chi connectivity index (χ3v) is 5.31. The lowest BCUT2D eigenvalue weighted by Crippen LogP contribution is -2.28. The average Bonchev–Trinajstić information content (AvgIpc) is 3.33. The van der Waals surface area contributed by atoms with Crippen molar-refractivity contribution >= 4 is 18.0 Å². The molecule has 6 heteroatoms. The van der Waals surface area contributed by atoms with Gasteiger partial charge >= 0.3 is 0 Å². The zero-order chi connectivity index (χ0) is 18.3. The van der Waals surface area contributed by atoms with E-state index >= 15 is 0 Å². The molecule has 134 valence electrons. The van der Waals surface area contributed by atoms with Gasteiger partial charge in [0.15, 0.2) is 11.5 Å². The highest BCUT2D eigenvalue weighted by molar-refractivity contribution is 6.06. The first-order chi connectivity index (χ1) is 12.6. The van der Waals surface area contributed by atoms with Gasteiger partial charge in [0.05, 0.1) is 25.2 Å². The summed E-state index contributed by atoms with van der Waals surface area (Å²) in [5, 5.41) is 5.21. The van der Waals surface area contributed by atoms with Gasteiger partial charge in [-0.3, -0.25) is 9.59 Å². The molecule has 0 radical (unpaired) electrons. The van der Waals surface area contributed by atoms with Gasteiger partial charge in [0.1, 0.15) is 6.61 Å². The maximum atomic E-state index is 12.6. The number of allylic oxidation sites excluding steroid dienone is 2. The molecule has 1 saturated heterocycles. The minimum absolute atomic E-state index is 0.183. The molecule has 0 unspecified atom stereocenters. The molecule has 4 rings (SSSR count). The van der Waals surface area contributed by atoms with Crippen molar-refractivity contribution in [1.82, 2.24) is 5.01 Å². The van der Waals surface area contributed by atoms with E-state index in [1.165, 1.54) is 6.21 Å². The monoisotopic (exact) mass is 352 g/mol. The van der Waals surface area contributed by atoms with Crippen molar-refractivity contribution in [1.29, 1.82) is 0 Å². The molecule has 4 atom stereocenters. The van der Waals surface area contributed by atoms with Crippen LogP contribution in [0.5, 0.6) is 11.5 Å². The molecule has 0 aromatic heterocycles. The molecular formula is C20H20N2O4. The lowest BCUT2D eigenvalue weighted by atomic mass is 9.85. The van der Waals surface area contributed by atoms with Crippen molar-refractivity contribution in [3.8, 4) is 11.5 Å². The van der Waals surface area contributed by atoms with Crippen LogP contribution in [0.3, 0.4) is 0 Å². The normalized spacial score (nSPS) is 28.9. The number of carbonyl (C=O) groups excluding carboxylic acids is 2. The Morgan fingerprint density at radius 3 is 2.50 bits per heavy atom. The van der Waals surface area contributed by atoms with Gasteiger partial charge in [-0.05, 0) is 42.0 Å². The first-order valence-corrected chi connectivity index (χ1v) is 8.66. The molecule has 0 spiro atoms. The number of amides is 2. The van der Waals surface area contributed by atoms with Gasteiger partial charge < -0.3 is 9.47 Å². The topological polar surface area (TPSA) is 68.2 Å². The molecule has 0 N–H and O–H groups in total. The van der Waals surface area contributed by atoms with Crippen LogP contribution >= 0.6 is 0 Å². The molecule has 3 aliphatic rings. The second kappa shape index (κ2) is 6.44. The maximum absolute atomic E-state index is 12.6. The fourth-order valence-electron chi connectivity index (χ4n) is 4.16. The molecule has 26 heavy (non-hydrogen) atoms. The second-order valence-corrected chi connectivity index (χ2v) is 6.74. The standard InChI is InChI=1S/C20H20N2O4/c1-3-8-26-15-7-4-12(9-16(15)25-2)11-21-22-19(23)17-13-5-6-14(10-13)18(17)20(22)24/h3-7,9,11,13-14,17-18H,1,8,10H2,2H3/t13-,14-,17-,18+/m0/s1. The molecule has 2 aliphatic carbocycles. The van der Waals surface area contributed by atoms with Crippen LogP contribution in [-0.4, -0.2) is 36.8 Å². The number of methoxy groups -OCH3 is 1. The summed E-state index contributed by atoms with van der Waals surface area (Å²) >= 11 is 0. The van der Waals surface area contributed by atoms with Crippen molar-refractivity contribution in [2.75, 3.05) is 13.7 Å². The summed E-state index contributed by atoms with van der Waals surface area (Å²) in [6, 6.07) is 5.30. The van der Waals surface area contributed by atoms with Crippen molar-refractivity contribution < 1.29 is 19.1 Å². The van der Waals surface area contributed by atoms with Gasteiger partial charge in [-0.2, -0.15) is 10.1 Å². The third kappa shape index (κ3) is 2.53. The molecule has 1 heterocycles. The van der Waals surface area contributed by atoms with E-state index in [9.17, 15) is 9.59 Å². The highest BCUT2D eigenvalue weighted by Crippen LogP contribution is 2.52. The highest BCUT2D eigenvalue weighted by atomic mass is 16.5. The third-order valence-electron chi connectivity index (χ3n) is 5.31. The number of hydrogen-bond donors (Lipinski definition) is 0. The van der Waals surface area contributed by atoms with Gasteiger partial charge in [0.2, 0.25) is 0 Å². The number of carbonyl (C=O) groups is 2. The summed E-state index contributed by atoms with van der Waals surface area (Å²) in [7, 11) is 1.55. The molecule has 1 aliphatic heterocycles. The molecule has 1 aromatic rings.